The second-order valence-electron chi connectivity index (χ2n) is 9.54. The summed E-state index contributed by atoms with van der Waals surface area (Å²) in [5, 5.41) is 18.7. The minimum Gasteiger partial charge on any atom is -0.486 e. The van der Waals surface area contributed by atoms with Crippen LogP contribution in [0.1, 0.15) is 24.1 Å². The van der Waals surface area contributed by atoms with E-state index in [1.807, 2.05) is 0 Å². The highest BCUT2D eigenvalue weighted by Gasteiger charge is 2.65. The fourth-order valence-corrected chi connectivity index (χ4v) is 4.81. The number of amides is 3. The highest BCUT2D eigenvalue weighted by molar-refractivity contribution is 5.99. The van der Waals surface area contributed by atoms with E-state index in [-0.39, 0.29) is 43.2 Å². The highest BCUT2D eigenvalue weighted by atomic mass is 19.1. The topological polar surface area (TPSA) is 150 Å². The summed E-state index contributed by atoms with van der Waals surface area (Å²) in [6.07, 6.45) is -0.297. The van der Waals surface area contributed by atoms with Gasteiger partial charge in [-0.25, -0.2) is 4.39 Å². The molecule has 11 heteroatoms. The van der Waals surface area contributed by atoms with Crippen LogP contribution in [0.25, 0.3) is 11.1 Å². The van der Waals surface area contributed by atoms with E-state index in [1.54, 1.807) is 44.4 Å². The minimum atomic E-state index is -1.47. The Hall–Kier alpha value is -4.04. The fraction of sp³-hybridized carbons (Fsp3) is 0.423. The third-order valence-corrected chi connectivity index (χ3v) is 7.04. The Labute approximate surface area is 213 Å². The van der Waals surface area contributed by atoms with Gasteiger partial charge in [0.1, 0.15) is 29.9 Å². The highest BCUT2D eigenvalue weighted by Crippen LogP contribution is 2.54. The molecule has 2 fully saturated rings. The second-order valence-corrected chi connectivity index (χ2v) is 9.54. The van der Waals surface area contributed by atoms with Crippen LogP contribution in [0, 0.1) is 17.2 Å². The van der Waals surface area contributed by atoms with Crippen LogP contribution in [0.2, 0.25) is 0 Å². The lowest BCUT2D eigenvalue weighted by Gasteiger charge is -2.34. The zero-order valence-corrected chi connectivity index (χ0v) is 20.6. The van der Waals surface area contributed by atoms with Crippen molar-refractivity contribution in [2.45, 2.75) is 30.5 Å². The number of carbonyl (C=O) groups excluding carboxylic acids is 3. The number of benzene rings is 1. The lowest BCUT2D eigenvalue weighted by molar-refractivity contribution is -0.138. The van der Waals surface area contributed by atoms with E-state index in [0.29, 0.717) is 16.8 Å². The molecule has 194 valence electrons. The third kappa shape index (κ3) is 4.84. The van der Waals surface area contributed by atoms with Crippen molar-refractivity contribution in [3.05, 3.63) is 47.8 Å². The number of ether oxygens (including phenoxy) is 1. The molecule has 1 saturated heterocycles. The number of hydrogen-bond acceptors (Lipinski definition) is 7. The molecule has 0 radical (unpaired) electrons. The number of likely N-dealkylation sites (tertiary alicyclic amines) is 1. The van der Waals surface area contributed by atoms with E-state index in [0.717, 1.165) is 0 Å². The van der Waals surface area contributed by atoms with Crippen molar-refractivity contribution < 1.29 is 28.6 Å². The monoisotopic (exact) mass is 509 g/mol. The Morgan fingerprint density at radius 2 is 2.03 bits per heavy atom. The molecule has 3 amide bonds. The van der Waals surface area contributed by atoms with Crippen molar-refractivity contribution in [1.29, 1.82) is 5.26 Å². The molecule has 0 spiro atoms. The smallest absolute Gasteiger partial charge is 0.248 e. The maximum atomic E-state index is 14.7. The summed E-state index contributed by atoms with van der Waals surface area (Å²) in [5.41, 5.74) is 6.41. The summed E-state index contributed by atoms with van der Waals surface area (Å²) in [7, 11) is 3.23. The summed E-state index contributed by atoms with van der Waals surface area (Å²) < 4.78 is 20.5. The van der Waals surface area contributed by atoms with Gasteiger partial charge in [0.05, 0.1) is 23.7 Å². The van der Waals surface area contributed by atoms with Crippen molar-refractivity contribution in [3.63, 3.8) is 0 Å². The second kappa shape index (κ2) is 10.1. The summed E-state index contributed by atoms with van der Waals surface area (Å²) >= 11 is 0. The quantitative estimate of drug-likeness (QED) is 0.559. The number of alkyl halides is 1. The van der Waals surface area contributed by atoms with Crippen molar-refractivity contribution in [2.75, 3.05) is 33.8 Å². The van der Waals surface area contributed by atoms with Crippen LogP contribution in [0.4, 0.5) is 4.39 Å². The zero-order valence-electron chi connectivity index (χ0n) is 20.6. The first-order chi connectivity index (χ1) is 17.6. The molecule has 2 unspecified atom stereocenters. The molecule has 1 aromatic carbocycles. The number of nitriles is 1. The standard InChI is InChI=1S/C26H28FN5O5/c1-31(2)24(35)18-11-26(18,25(29)36)22-10-16(5-7-30-22)15-3-4-20(17(9-15)12-28)37-21-6-8-32(13-19(21)27)23(34)14-33/h3-5,7,9-10,18-19,21,33H,6,8,11,13-14H2,1-2H3,(H2,29,36)/t18?,19-,21+,26?/m1/s1. The van der Waals surface area contributed by atoms with Gasteiger partial charge in [-0.15, -0.1) is 0 Å². The van der Waals surface area contributed by atoms with Crippen LogP contribution in [-0.2, 0) is 19.8 Å². The van der Waals surface area contributed by atoms with Gasteiger partial charge in [-0.1, -0.05) is 6.07 Å². The van der Waals surface area contributed by atoms with Crippen molar-refractivity contribution in [3.8, 4) is 22.9 Å². The number of carbonyl (C=O) groups is 3. The van der Waals surface area contributed by atoms with Crippen LogP contribution in [0.15, 0.2) is 36.5 Å². The van der Waals surface area contributed by atoms with Crippen LogP contribution < -0.4 is 10.5 Å². The molecule has 10 nitrogen and oxygen atoms in total. The van der Waals surface area contributed by atoms with Gasteiger partial charge in [-0.05, 0) is 41.8 Å². The van der Waals surface area contributed by atoms with E-state index >= 15 is 0 Å². The van der Waals surface area contributed by atoms with Crippen LogP contribution in [-0.4, -0.2) is 83.7 Å². The van der Waals surface area contributed by atoms with E-state index in [1.165, 1.54) is 16.0 Å². The molecule has 37 heavy (non-hydrogen) atoms. The molecule has 4 atom stereocenters. The van der Waals surface area contributed by atoms with Gasteiger partial charge in [0.2, 0.25) is 17.7 Å². The molecule has 1 aliphatic heterocycles. The number of pyridine rings is 1. The lowest BCUT2D eigenvalue weighted by atomic mass is 9.94. The third-order valence-electron chi connectivity index (χ3n) is 7.04. The summed E-state index contributed by atoms with van der Waals surface area (Å²) in [6, 6.07) is 10.4. The number of aromatic nitrogens is 1. The number of aliphatic hydroxyl groups is 1. The Bertz CT molecular complexity index is 1280. The number of halogens is 1. The molecule has 0 bridgehead atoms. The van der Waals surface area contributed by atoms with E-state index in [9.17, 15) is 24.0 Å². The predicted molar refractivity (Wildman–Crippen MR) is 130 cm³/mol. The number of piperidine rings is 1. The Morgan fingerprint density at radius 3 is 2.65 bits per heavy atom. The molecule has 3 N–H and O–H groups in total. The van der Waals surface area contributed by atoms with E-state index < -0.39 is 42.0 Å². The average Bonchev–Trinajstić information content (AvgIpc) is 3.66. The minimum absolute atomic E-state index is 0.189. The van der Waals surface area contributed by atoms with Gasteiger partial charge in [-0.2, -0.15) is 5.26 Å². The van der Waals surface area contributed by atoms with Crippen LogP contribution >= 0.6 is 0 Å². The predicted octanol–water partition coefficient (Wildman–Crippen LogP) is 0.762. The molecule has 4 rings (SSSR count). The van der Waals surface area contributed by atoms with Crippen molar-refractivity contribution in [2.24, 2.45) is 11.7 Å². The maximum Gasteiger partial charge on any atom is 0.248 e. The lowest BCUT2D eigenvalue weighted by Crippen LogP contribution is -2.50. The Morgan fingerprint density at radius 1 is 1.30 bits per heavy atom. The first kappa shape index (κ1) is 26.0. The van der Waals surface area contributed by atoms with Crippen molar-refractivity contribution >= 4 is 17.7 Å². The zero-order chi connectivity index (χ0) is 26.9. The fourth-order valence-electron chi connectivity index (χ4n) is 4.81. The first-order valence-electron chi connectivity index (χ1n) is 11.8. The largest absolute Gasteiger partial charge is 0.486 e. The molecule has 1 aromatic heterocycles. The number of primary amides is 1. The average molecular weight is 510 g/mol. The molecular weight excluding hydrogens is 481 g/mol. The number of rotatable bonds is 7. The molecular formula is C26H28FN5O5. The molecule has 2 aliphatic rings. The number of nitrogens with two attached hydrogens (primary N) is 1. The van der Waals surface area contributed by atoms with E-state index in [2.05, 4.69) is 11.1 Å². The molecule has 2 aromatic rings. The van der Waals surface area contributed by atoms with Crippen LogP contribution in [0.3, 0.4) is 0 Å². The first-order valence-corrected chi connectivity index (χ1v) is 11.8. The molecule has 2 heterocycles. The Kier molecular flexibility index (Phi) is 7.14. The van der Waals surface area contributed by atoms with Crippen LogP contribution in [0.5, 0.6) is 5.75 Å². The normalized spacial score (nSPS) is 24.6. The summed E-state index contributed by atoms with van der Waals surface area (Å²) in [5.74, 6) is -1.73. The molecule has 1 aliphatic carbocycles. The summed E-state index contributed by atoms with van der Waals surface area (Å²) in [6.45, 7) is -0.631. The number of aliphatic hydroxyl groups excluding tert-OH is 1. The SMILES string of the molecule is CN(C)C(=O)C1CC1(C(N)=O)c1cc(-c2ccc(O[C@H]3CCN(C(=O)CO)C[C@H]3F)c(C#N)c2)ccn1. The number of nitrogens with zero attached hydrogens (tertiary/aromatic N) is 4. The van der Waals surface area contributed by atoms with E-state index in [4.69, 9.17) is 15.6 Å². The van der Waals surface area contributed by atoms with Gasteiger partial charge in [0.25, 0.3) is 0 Å². The summed E-state index contributed by atoms with van der Waals surface area (Å²) in [4.78, 5) is 43.5. The Balaban J connectivity index is 1.56. The van der Waals surface area contributed by atoms with Crippen molar-refractivity contribution in [1.82, 2.24) is 14.8 Å². The maximum absolute atomic E-state index is 14.7. The van der Waals surface area contributed by atoms with Gasteiger partial charge in [0.15, 0.2) is 6.17 Å². The van der Waals surface area contributed by atoms with Gasteiger partial charge < -0.3 is 25.4 Å². The van der Waals surface area contributed by atoms with Gasteiger partial charge >= 0.3 is 0 Å². The van der Waals surface area contributed by atoms with Gasteiger partial charge in [-0.3, -0.25) is 19.4 Å². The molecule has 1 saturated carbocycles. The number of hydrogen-bond donors (Lipinski definition) is 2. The van der Waals surface area contributed by atoms with Gasteiger partial charge in [0, 0.05) is 33.3 Å².